The van der Waals surface area contributed by atoms with Crippen LogP contribution >= 0.6 is 24.8 Å². The minimum absolute atomic E-state index is 0. The van der Waals surface area contributed by atoms with Crippen molar-refractivity contribution >= 4 is 52.5 Å². The Balaban J connectivity index is 0.00000160. The van der Waals surface area contributed by atoms with E-state index in [0.29, 0.717) is 11.6 Å². The molecular weight excluding hydrogens is 423 g/mol. The molecule has 2 aromatic carbocycles. The Labute approximate surface area is 188 Å². The average Bonchev–Trinajstić information content (AvgIpc) is 3.14. The zero-order valence-electron chi connectivity index (χ0n) is 17.2. The van der Waals surface area contributed by atoms with Crippen molar-refractivity contribution in [3.8, 4) is 17.3 Å². The Morgan fingerprint density at radius 1 is 1.03 bits per heavy atom. The van der Waals surface area contributed by atoms with E-state index in [2.05, 4.69) is 24.3 Å². The second-order valence-corrected chi connectivity index (χ2v) is 7.01. The van der Waals surface area contributed by atoms with Gasteiger partial charge in [-0.05, 0) is 57.4 Å². The largest absolute Gasteiger partial charge is 0.497 e. The maximum absolute atomic E-state index is 5.98. The molecule has 0 spiro atoms. The highest BCUT2D eigenvalue weighted by Crippen LogP contribution is 2.30. The van der Waals surface area contributed by atoms with Crippen molar-refractivity contribution in [3.63, 3.8) is 0 Å². The fraction of sp³-hybridized carbons (Fsp3) is 0.273. The molecule has 0 aliphatic carbocycles. The van der Waals surface area contributed by atoms with E-state index in [0.717, 1.165) is 52.9 Å². The zero-order chi connectivity index (χ0) is 19.5. The number of furan rings is 1. The standard InChI is InChI=1S/C22H24N4O2.2ClH/c1-26(2)12-6-11-23-21-17-14-16(27-3)9-10-18(17)24-22(25-21)20-13-15-7-4-5-8-19(15)28-20;;/h4-5,7-10,13-14H,6,11-12H2,1-3H3,(H,23,24,25);2*1H. The first kappa shape index (κ1) is 23.7. The molecule has 0 atom stereocenters. The van der Waals surface area contributed by atoms with Crippen LogP contribution in [0.15, 0.2) is 52.9 Å². The van der Waals surface area contributed by atoms with Crippen LogP contribution in [0.25, 0.3) is 33.5 Å². The molecule has 0 radical (unpaired) electrons. The van der Waals surface area contributed by atoms with Gasteiger partial charge in [-0.3, -0.25) is 0 Å². The van der Waals surface area contributed by atoms with Crippen molar-refractivity contribution in [2.24, 2.45) is 0 Å². The van der Waals surface area contributed by atoms with Crippen molar-refractivity contribution in [2.45, 2.75) is 6.42 Å². The molecule has 4 aromatic rings. The number of hydrogen-bond acceptors (Lipinski definition) is 6. The van der Waals surface area contributed by atoms with E-state index in [-0.39, 0.29) is 24.8 Å². The first-order valence-corrected chi connectivity index (χ1v) is 9.37. The molecule has 0 saturated carbocycles. The van der Waals surface area contributed by atoms with E-state index in [9.17, 15) is 0 Å². The van der Waals surface area contributed by atoms with Crippen LogP contribution in [0.3, 0.4) is 0 Å². The fourth-order valence-electron chi connectivity index (χ4n) is 3.17. The van der Waals surface area contributed by atoms with Crippen LogP contribution < -0.4 is 10.1 Å². The van der Waals surface area contributed by atoms with E-state index in [4.69, 9.17) is 19.1 Å². The van der Waals surface area contributed by atoms with E-state index >= 15 is 0 Å². The van der Waals surface area contributed by atoms with Gasteiger partial charge in [-0.2, -0.15) is 0 Å². The summed E-state index contributed by atoms with van der Waals surface area (Å²) in [5.41, 5.74) is 1.68. The number of ether oxygens (including phenoxy) is 1. The number of rotatable bonds is 7. The summed E-state index contributed by atoms with van der Waals surface area (Å²) in [6.45, 7) is 1.83. The highest BCUT2D eigenvalue weighted by atomic mass is 35.5. The van der Waals surface area contributed by atoms with E-state index in [1.54, 1.807) is 7.11 Å². The van der Waals surface area contributed by atoms with Gasteiger partial charge < -0.3 is 19.4 Å². The van der Waals surface area contributed by atoms with Crippen LogP contribution in [-0.4, -0.2) is 49.2 Å². The van der Waals surface area contributed by atoms with Gasteiger partial charge in [0.25, 0.3) is 0 Å². The number of para-hydroxylation sites is 1. The Kier molecular flexibility index (Phi) is 8.29. The zero-order valence-corrected chi connectivity index (χ0v) is 18.8. The van der Waals surface area contributed by atoms with Gasteiger partial charge in [0.15, 0.2) is 11.6 Å². The molecule has 8 heteroatoms. The number of anilines is 1. The van der Waals surface area contributed by atoms with Crippen molar-refractivity contribution in [3.05, 3.63) is 48.5 Å². The lowest BCUT2D eigenvalue weighted by atomic mass is 10.2. The van der Waals surface area contributed by atoms with Crippen LogP contribution in [0.4, 0.5) is 5.82 Å². The number of nitrogens with one attached hydrogen (secondary N) is 1. The number of methoxy groups -OCH3 is 1. The van der Waals surface area contributed by atoms with Gasteiger partial charge in [0.05, 0.1) is 12.6 Å². The van der Waals surface area contributed by atoms with Crippen LogP contribution in [0.1, 0.15) is 6.42 Å². The Morgan fingerprint density at radius 2 is 1.83 bits per heavy atom. The van der Waals surface area contributed by atoms with Crippen LogP contribution in [0.2, 0.25) is 0 Å². The average molecular weight is 449 g/mol. The molecule has 0 bridgehead atoms. The van der Waals surface area contributed by atoms with Crippen molar-refractivity contribution < 1.29 is 9.15 Å². The van der Waals surface area contributed by atoms with Gasteiger partial charge in [0.2, 0.25) is 0 Å². The predicted molar refractivity (Wildman–Crippen MR) is 127 cm³/mol. The monoisotopic (exact) mass is 448 g/mol. The van der Waals surface area contributed by atoms with Gasteiger partial charge in [-0.1, -0.05) is 18.2 Å². The summed E-state index contributed by atoms with van der Waals surface area (Å²) in [4.78, 5) is 11.7. The van der Waals surface area contributed by atoms with Crippen LogP contribution in [0.5, 0.6) is 5.75 Å². The summed E-state index contributed by atoms with van der Waals surface area (Å²) >= 11 is 0. The Hall–Kier alpha value is -2.54. The number of hydrogen-bond donors (Lipinski definition) is 1. The third-order valence-corrected chi connectivity index (χ3v) is 4.62. The lowest BCUT2D eigenvalue weighted by Crippen LogP contribution is -2.16. The van der Waals surface area contributed by atoms with Gasteiger partial charge >= 0.3 is 0 Å². The Morgan fingerprint density at radius 3 is 2.57 bits per heavy atom. The number of halogens is 2. The highest BCUT2D eigenvalue weighted by Gasteiger charge is 2.14. The molecule has 6 nitrogen and oxygen atoms in total. The normalized spacial score (nSPS) is 10.7. The predicted octanol–water partition coefficient (Wildman–Crippen LogP) is 5.26. The molecule has 0 aliphatic heterocycles. The fourth-order valence-corrected chi connectivity index (χ4v) is 3.17. The summed E-state index contributed by atoms with van der Waals surface area (Å²) in [6, 6.07) is 15.7. The summed E-state index contributed by atoms with van der Waals surface area (Å²) in [6.07, 6.45) is 1.02. The molecule has 0 aliphatic rings. The lowest BCUT2D eigenvalue weighted by Gasteiger charge is -2.13. The number of aromatic nitrogens is 2. The number of nitrogens with zero attached hydrogens (tertiary/aromatic N) is 3. The second kappa shape index (κ2) is 10.5. The number of fused-ring (bicyclic) bond motifs is 2. The summed E-state index contributed by atoms with van der Waals surface area (Å²) in [5, 5.41) is 5.44. The quantitative estimate of drug-likeness (QED) is 0.389. The van der Waals surface area contributed by atoms with E-state index < -0.39 is 0 Å². The summed E-state index contributed by atoms with van der Waals surface area (Å²) in [7, 11) is 5.81. The van der Waals surface area contributed by atoms with E-state index in [1.165, 1.54) is 0 Å². The molecule has 1 N–H and O–H groups in total. The molecular formula is C22H26Cl2N4O2. The van der Waals surface area contributed by atoms with E-state index in [1.807, 2.05) is 48.5 Å². The second-order valence-electron chi connectivity index (χ2n) is 7.01. The van der Waals surface area contributed by atoms with Gasteiger partial charge in [-0.15, -0.1) is 24.8 Å². The van der Waals surface area contributed by atoms with Crippen LogP contribution in [0, 0.1) is 0 Å². The van der Waals surface area contributed by atoms with Crippen LogP contribution in [-0.2, 0) is 0 Å². The first-order valence-electron chi connectivity index (χ1n) is 9.37. The smallest absolute Gasteiger partial charge is 0.198 e. The minimum atomic E-state index is 0. The minimum Gasteiger partial charge on any atom is -0.497 e. The van der Waals surface area contributed by atoms with Crippen molar-refractivity contribution in [1.29, 1.82) is 0 Å². The molecule has 0 amide bonds. The third-order valence-electron chi connectivity index (χ3n) is 4.62. The Bertz CT molecular complexity index is 1080. The van der Waals surface area contributed by atoms with Gasteiger partial charge in [-0.25, -0.2) is 9.97 Å². The molecule has 0 unspecified atom stereocenters. The topological polar surface area (TPSA) is 63.4 Å². The maximum atomic E-state index is 5.98. The highest BCUT2D eigenvalue weighted by molar-refractivity contribution is 5.92. The number of benzene rings is 2. The molecule has 160 valence electrons. The maximum Gasteiger partial charge on any atom is 0.198 e. The van der Waals surface area contributed by atoms with Gasteiger partial charge in [0.1, 0.15) is 17.2 Å². The SMILES string of the molecule is COc1ccc2nc(-c3cc4ccccc4o3)nc(NCCCN(C)C)c2c1.Cl.Cl. The molecule has 2 heterocycles. The summed E-state index contributed by atoms with van der Waals surface area (Å²) in [5.74, 6) is 2.81. The van der Waals surface area contributed by atoms with Crippen molar-refractivity contribution in [2.75, 3.05) is 39.6 Å². The first-order chi connectivity index (χ1) is 13.6. The summed E-state index contributed by atoms with van der Waals surface area (Å²) < 4.78 is 11.4. The molecule has 0 fully saturated rings. The third kappa shape index (κ3) is 5.14. The van der Waals surface area contributed by atoms with Crippen molar-refractivity contribution in [1.82, 2.24) is 14.9 Å². The molecule has 4 rings (SSSR count). The van der Waals surface area contributed by atoms with Gasteiger partial charge in [0, 0.05) is 17.3 Å². The lowest BCUT2D eigenvalue weighted by molar-refractivity contribution is 0.405. The molecule has 0 saturated heterocycles. The molecule has 30 heavy (non-hydrogen) atoms. The molecule has 2 aromatic heterocycles.